The second-order valence-electron chi connectivity index (χ2n) is 6.43. The molecule has 1 saturated heterocycles. The summed E-state index contributed by atoms with van der Waals surface area (Å²) < 4.78 is 0. The van der Waals surface area contributed by atoms with E-state index in [1.54, 1.807) is 0 Å². The van der Waals surface area contributed by atoms with E-state index >= 15 is 0 Å². The lowest BCUT2D eigenvalue weighted by molar-refractivity contribution is -0.880. The fraction of sp³-hybridized carbons (Fsp3) is 0.316. The van der Waals surface area contributed by atoms with Gasteiger partial charge in [0.2, 0.25) is 0 Å². The van der Waals surface area contributed by atoms with Gasteiger partial charge in [-0.1, -0.05) is 29.3 Å². The van der Waals surface area contributed by atoms with Crippen LogP contribution >= 0.6 is 11.6 Å². The summed E-state index contributed by atoms with van der Waals surface area (Å²) >= 11 is 6.16. The van der Waals surface area contributed by atoms with Gasteiger partial charge in [-0.05, 0) is 37.3 Å². The molecule has 1 fully saturated rings. The highest BCUT2D eigenvalue weighted by atomic mass is 35.5. The van der Waals surface area contributed by atoms with Gasteiger partial charge in [-0.3, -0.25) is 4.79 Å². The Balaban J connectivity index is 1.82. The molecule has 2 aromatic carbocycles. The van der Waals surface area contributed by atoms with Gasteiger partial charge in [0.05, 0.1) is 44.6 Å². The minimum atomic E-state index is -0.113. The molecule has 126 valence electrons. The van der Waals surface area contributed by atoms with Gasteiger partial charge in [0.1, 0.15) is 0 Å². The Morgan fingerprint density at radius 3 is 2.46 bits per heavy atom. The van der Waals surface area contributed by atoms with Crippen molar-refractivity contribution in [1.82, 2.24) is 0 Å². The molecule has 0 spiro atoms. The zero-order chi connectivity index (χ0) is 17.1. The molecular weight excluding hydrogens is 322 g/mol. The van der Waals surface area contributed by atoms with E-state index in [1.807, 2.05) is 49.4 Å². The van der Waals surface area contributed by atoms with Crippen LogP contribution in [0.15, 0.2) is 42.5 Å². The number of amides is 1. The van der Waals surface area contributed by atoms with E-state index in [9.17, 15) is 4.79 Å². The minimum Gasteiger partial charge on any atom is -0.359 e. The summed E-state index contributed by atoms with van der Waals surface area (Å²) in [5.41, 5.74) is 3.59. The number of benzene rings is 2. The number of carbonyl (C=O) groups excluding carboxylic acids is 1. The van der Waals surface area contributed by atoms with Gasteiger partial charge in [0.25, 0.3) is 5.91 Å². The SMILES string of the molecule is Cc1ccc(C(=O)Nc2cc(Cl)ccc2N2CC[NH+](C)CC2)cc1. The molecule has 0 radical (unpaired) electrons. The van der Waals surface area contributed by atoms with Crippen molar-refractivity contribution in [3.63, 3.8) is 0 Å². The number of rotatable bonds is 3. The molecule has 0 atom stereocenters. The molecule has 4 nitrogen and oxygen atoms in total. The van der Waals surface area contributed by atoms with Gasteiger partial charge >= 0.3 is 0 Å². The van der Waals surface area contributed by atoms with Crippen molar-refractivity contribution in [3.05, 3.63) is 58.6 Å². The zero-order valence-corrected chi connectivity index (χ0v) is 14.9. The Labute approximate surface area is 148 Å². The number of likely N-dealkylation sites (N-methyl/N-ethyl adjacent to an activating group) is 1. The highest BCUT2D eigenvalue weighted by Gasteiger charge is 2.20. The first-order valence-corrected chi connectivity index (χ1v) is 8.64. The van der Waals surface area contributed by atoms with Crippen molar-refractivity contribution < 1.29 is 9.69 Å². The number of halogens is 1. The van der Waals surface area contributed by atoms with Crippen LogP contribution in [0.4, 0.5) is 11.4 Å². The normalized spacial score (nSPS) is 15.4. The van der Waals surface area contributed by atoms with Gasteiger partial charge in [-0.15, -0.1) is 0 Å². The lowest BCUT2D eigenvalue weighted by atomic mass is 10.1. The Kier molecular flexibility index (Phi) is 5.07. The van der Waals surface area contributed by atoms with Crippen molar-refractivity contribution in [2.75, 3.05) is 43.4 Å². The first kappa shape index (κ1) is 16.8. The molecule has 0 aromatic heterocycles. The molecule has 0 unspecified atom stereocenters. The molecule has 2 aromatic rings. The number of aryl methyl sites for hydroxylation is 1. The van der Waals surface area contributed by atoms with E-state index in [4.69, 9.17) is 11.6 Å². The van der Waals surface area contributed by atoms with E-state index in [2.05, 4.69) is 17.3 Å². The Bertz CT molecular complexity index is 722. The third-order valence-electron chi connectivity index (χ3n) is 4.48. The summed E-state index contributed by atoms with van der Waals surface area (Å²) in [5, 5.41) is 3.65. The van der Waals surface area contributed by atoms with E-state index in [0.717, 1.165) is 43.1 Å². The summed E-state index contributed by atoms with van der Waals surface area (Å²) in [7, 11) is 2.21. The standard InChI is InChI=1S/C19H22ClN3O/c1-14-3-5-15(6-4-14)19(24)21-17-13-16(20)7-8-18(17)23-11-9-22(2)10-12-23/h3-8,13H,9-12H2,1-2H3,(H,21,24)/p+1. The van der Waals surface area contributed by atoms with Crippen LogP contribution in [-0.4, -0.2) is 39.1 Å². The van der Waals surface area contributed by atoms with Crippen LogP contribution < -0.4 is 15.1 Å². The summed E-state index contributed by atoms with van der Waals surface area (Å²) in [6.45, 7) is 6.13. The largest absolute Gasteiger partial charge is 0.359 e. The molecule has 1 aliphatic heterocycles. The fourth-order valence-electron chi connectivity index (χ4n) is 2.91. The summed E-state index contributed by atoms with van der Waals surface area (Å²) in [6.07, 6.45) is 0. The molecular formula is C19H23ClN3O+. The molecule has 24 heavy (non-hydrogen) atoms. The fourth-order valence-corrected chi connectivity index (χ4v) is 3.09. The molecule has 1 amide bonds. The molecule has 0 bridgehead atoms. The van der Waals surface area contributed by atoms with E-state index < -0.39 is 0 Å². The predicted octanol–water partition coefficient (Wildman–Crippen LogP) is 2.24. The second-order valence-corrected chi connectivity index (χ2v) is 6.86. The summed E-state index contributed by atoms with van der Waals surface area (Å²) in [4.78, 5) is 16.4. The predicted molar refractivity (Wildman–Crippen MR) is 99.4 cm³/mol. The van der Waals surface area contributed by atoms with E-state index in [0.29, 0.717) is 10.6 Å². The zero-order valence-electron chi connectivity index (χ0n) is 14.1. The highest BCUT2D eigenvalue weighted by Crippen LogP contribution is 2.29. The van der Waals surface area contributed by atoms with Gasteiger partial charge in [0, 0.05) is 10.6 Å². The third-order valence-corrected chi connectivity index (χ3v) is 4.71. The van der Waals surface area contributed by atoms with E-state index in [1.165, 1.54) is 4.90 Å². The van der Waals surface area contributed by atoms with Crippen LogP contribution in [0.25, 0.3) is 0 Å². The minimum absolute atomic E-state index is 0.113. The Hall–Kier alpha value is -2.04. The molecule has 1 aliphatic rings. The van der Waals surface area contributed by atoms with Crippen LogP contribution in [0.5, 0.6) is 0 Å². The lowest BCUT2D eigenvalue weighted by Gasteiger charge is -2.33. The van der Waals surface area contributed by atoms with Crippen LogP contribution in [0.3, 0.4) is 0 Å². The third kappa shape index (κ3) is 3.89. The number of nitrogens with zero attached hydrogens (tertiary/aromatic N) is 1. The molecule has 5 heteroatoms. The second kappa shape index (κ2) is 7.24. The smallest absolute Gasteiger partial charge is 0.255 e. The van der Waals surface area contributed by atoms with Gasteiger partial charge in [0.15, 0.2) is 0 Å². The van der Waals surface area contributed by atoms with Crippen LogP contribution in [-0.2, 0) is 0 Å². The first-order valence-electron chi connectivity index (χ1n) is 8.27. The maximum Gasteiger partial charge on any atom is 0.255 e. The maximum atomic E-state index is 12.5. The monoisotopic (exact) mass is 344 g/mol. The average molecular weight is 345 g/mol. The number of anilines is 2. The van der Waals surface area contributed by atoms with Gasteiger partial charge in [-0.25, -0.2) is 0 Å². The molecule has 3 rings (SSSR count). The number of quaternary nitrogens is 1. The number of hydrogen-bond acceptors (Lipinski definition) is 2. The van der Waals surface area contributed by atoms with Crippen molar-refractivity contribution in [3.8, 4) is 0 Å². The van der Waals surface area contributed by atoms with E-state index in [-0.39, 0.29) is 5.91 Å². The van der Waals surface area contributed by atoms with Crippen LogP contribution in [0.2, 0.25) is 5.02 Å². The molecule has 0 saturated carbocycles. The van der Waals surface area contributed by atoms with Gasteiger partial charge in [-0.2, -0.15) is 0 Å². The lowest BCUT2D eigenvalue weighted by Crippen LogP contribution is -3.12. The number of piperazine rings is 1. The summed E-state index contributed by atoms with van der Waals surface area (Å²) in [5.74, 6) is -0.113. The number of nitrogens with one attached hydrogen (secondary N) is 2. The molecule has 1 heterocycles. The van der Waals surface area contributed by atoms with Crippen molar-refractivity contribution in [2.24, 2.45) is 0 Å². The molecule has 2 N–H and O–H groups in total. The Morgan fingerprint density at radius 2 is 1.79 bits per heavy atom. The maximum absolute atomic E-state index is 12.5. The van der Waals surface area contributed by atoms with Crippen molar-refractivity contribution in [1.29, 1.82) is 0 Å². The van der Waals surface area contributed by atoms with Crippen molar-refractivity contribution >= 4 is 28.9 Å². The highest BCUT2D eigenvalue weighted by molar-refractivity contribution is 6.31. The van der Waals surface area contributed by atoms with Gasteiger partial charge < -0.3 is 15.1 Å². The summed E-state index contributed by atoms with van der Waals surface area (Å²) in [6, 6.07) is 13.3. The van der Waals surface area contributed by atoms with Crippen LogP contribution in [0.1, 0.15) is 15.9 Å². The Morgan fingerprint density at radius 1 is 1.12 bits per heavy atom. The number of hydrogen-bond donors (Lipinski definition) is 2. The van der Waals surface area contributed by atoms with Crippen LogP contribution in [0, 0.1) is 6.92 Å². The first-order chi connectivity index (χ1) is 11.5. The number of carbonyl (C=O) groups is 1. The topological polar surface area (TPSA) is 36.8 Å². The van der Waals surface area contributed by atoms with Crippen molar-refractivity contribution in [2.45, 2.75) is 6.92 Å². The molecule has 0 aliphatic carbocycles. The quantitative estimate of drug-likeness (QED) is 0.896. The average Bonchev–Trinajstić information content (AvgIpc) is 2.57.